The van der Waals surface area contributed by atoms with E-state index < -0.39 is 6.10 Å². The van der Waals surface area contributed by atoms with Gasteiger partial charge in [0.2, 0.25) is 0 Å². The van der Waals surface area contributed by atoms with E-state index in [1.807, 2.05) is 23.8 Å². The quantitative estimate of drug-likeness (QED) is 0.940. The van der Waals surface area contributed by atoms with Crippen molar-refractivity contribution in [3.63, 3.8) is 0 Å². The molecule has 0 radical (unpaired) electrons. The van der Waals surface area contributed by atoms with Crippen LogP contribution in [0.15, 0.2) is 20.6 Å². The maximum Gasteiger partial charge on any atom is 0.0957 e. The SMILES string of the molecule is Cc1csc(CC(O)c2csc(Br)c2)n1. The molecule has 0 aromatic carbocycles. The smallest absolute Gasteiger partial charge is 0.0957 e. The zero-order valence-electron chi connectivity index (χ0n) is 8.11. The number of nitrogens with zero attached hydrogens (tertiary/aromatic N) is 1. The van der Waals surface area contributed by atoms with E-state index in [9.17, 15) is 5.11 Å². The average Bonchev–Trinajstić information content (AvgIpc) is 2.75. The zero-order chi connectivity index (χ0) is 10.8. The van der Waals surface area contributed by atoms with E-state index >= 15 is 0 Å². The first-order valence-corrected chi connectivity index (χ1v) is 7.03. The maximum atomic E-state index is 9.95. The Morgan fingerprint density at radius 3 is 2.80 bits per heavy atom. The third-order valence-corrected chi connectivity index (χ3v) is 4.52. The second-order valence-corrected chi connectivity index (χ2v) is 6.52. The topological polar surface area (TPSA) is 33.1 Å². The van der Waals surface area contributed by atoms with Gasteiger partial charge in [0.15, 0.2) is 0 Å². The summed E-state index contributed by atoms with van der Waals surface area (Å²) in [6, 6.07) is 1.95. The number of aliphatic hydroxyl groups is 1. The first kappa shape index (κ1) is 11.3. The Hall–Kier alpha value is -0.230. The molecule has 0 amide bonds. The van der Waals surface area contributed by atoms with Crippen LogP contribution in [0.4, 0.5) is 0 Å². The second kappa shape index (κ2) is 4.74. The van der Waals surface area contributed by atoms with Crippen LogP contribution in [0.5, 0.6) is 0 Å². The van der Waals surface area contributed by atoms with Crippen LogP contribution in [-0.4, -0.2) is 10.1 Å². The van der Waals surface area contributed by atoms with Gasteiger partial charge in [-0.1, -0.05) is 0 Å². The van der Waals surface area contributed by atoms with Gasteiger partial charge in [0, 0.05) is 17.5 Å². The van der Waals surface area contributed by atoms with Gasteiger partial charge in [-0.2, -0.15) is 0 Å². The van der Waals surface area contributed by atoms with Gasteiger partial charge < -0.3 is 5.11 Å². The van der Waals surface area contributed by atoms with Crippen molar-refractivity contribution in [3.05, 3.63) is 36.9 Å². The van der Waals surface area contributed by atoms with Crippen LogP contribution in [0.2, 0.25) is 0 Å². The molecule has 2 rings (SSSR count). The minimum atomic E-state index is -0.446. The number of hydrogen-bond donors (Lipinski definition) is 1. The van der Waals surface area contributed by atoms with Gasteiger partial charge in [0.05, 0.1) is 14.9 Å². The first-order chi connectivity index (χ1) is 7.15. The highest BCUT2D eigenvalue weighted by molar-refractivity contribution is 9.11. The number of thiophene rings is 1. The van der Waals surface area contributed by atoms with E-state index in [2.05, 4.69) is 20.9 Å². The van der Waals surface area contributed by atoms with Crippen molar-refractivity contribution in [2.75, 3.05) is 0 Å². The summed E-state index contributed by atoms with van der Waals surface area (Å²) in [5.74, 6) is 0. The minimum absolute atomic E-state index is 0.446. The Morgan fingerprint density at radius 2 is 2.27 bits per heavy atom. The molecule has 0 aliphatic rings. The number of halogens is 1. The number of rotatable bonds is 3. The number of thiazole rings is 1. The molecule has 0 saturated heterocycles. The molecule has 2 nitrogen and oxygen atoms in total. The molecule has 2 aromatic heterocycles. The lowest BCUT2D eigenvalue weighted by molar-refractivity contribution is 0.179. The molecule has 2 heterocycles. The van der Waals surface area contributed by atoms with Crippen molar-refractivity contribution in [3.8, 4) is 0 Å². The van der Waals surface area contributed by atoms with Crippen molar-refractivity contribution in [1.82, 2.24) is 4.98 Å². The summed E-state index contributed by atoms with van der Waals surface area (Å²) < 4.78 is 1.05. The molecule has 15 heavy (non-hydrogen) atoms. The molecule has 0 saturated carbocycles. The van der Waals surface area contributed by atoms with Gasteiger partial charge in [-0.05, 0) is 39.9 Å². The van der Waals surface area contributed by atoms with Crippen molar-refractivity contribution < 1.29 is 5.11 Å². The van der Waals surface area contributed by atoms with Crippen molar-refractivity contribution in [2.45, 2.75) is 19.4 Å². The van der Waals surface area contributed by atoms with E-state index in [1.54, 1.807) is 22.7 Å². The first-order valence-electron chi connectivity index (χ1n) is 4.48. The summed E-state index contributed by atoms with van der Waals surface area (Å²) in [5.41, 5.74) is 1.98. The minimum Gasteiger partial charge on any atom is -0.388 e. The monoisotopic (exact) mass is 303 g/mol. The molecular formula is C10H10BrNOS2. The lowest BCUT2D eigenvalue weighted by Gasteiger charge is -2.05. The van der Waals surface area contributed by atoms with Crippen LogP contribution in [0.25, 0.3) is 0 Å². The van der Waals surface area contributed by atoms with Crippen LogP contribution < -0.4 is 0 Å². The predicted octanol–water partition coefficient (Wildman–Crippen LogP) is 3.55. The molecule has 1 N–H and O–H groups in total. The molecular weight excluding hydrogens is 294 g/mol. The fourth-order valence-electron chi connectivity index (χ4n) is 1.28. The molecule has 1 atom stereocenters. The van der Waals surface area contributed by atoms with E-state index in [-0.39, 0.29) is 0 Å². The zero-order valence-corrected chi connectivity index (χ0v) is 11.3. The Bertz CT molecular complexity index is 452. The van der Waals surface area contributed by atoms with E-state index in [0.717, 1.165) is 20.1 Å². The van der Waals surface area contributed by atoms with Gasteiger partial charge in [0.25, 0.3) is 0 Å². The number of hydrogen-bond acceptors (Lipinski definition) is 4. The normalized spacial score (nSPS) is 13.0. The molecule has 0 spiro atoms. The fourth-order valence-corrected chi connectivity index (χ4v) is 3.31. The Kier molecular flexibility index (Phi) is 3.56. The van der Waals surface area contributed by atoms with Crippen molar-refractivity contribution in [2.24, 2.45) is 0 Å². The van der Waals surface area contributed by atoms with Crippen LogP contribution in [0.1, 0.15) is 22.4 Å². The maximum absolute atomic E-state index is 9.95. The largest absolute Gasteiger partial charge is 0.388 e. The standard InChI is InChI=1S/C10H10BrNOS2/c1-6-4-15-10(12-6)3-8(13)7-2-9(11)14-5-7/h2,4-5,8,13H,3H2,1H3. The predicted molar refractivity (Wildman–Crippen MR) is 67.5 cm³/mol. The molecule has 0 fully saturated rings. The lowest BCUT2D eigenvalue weighted by atomic mass is 10.1. The van der Waals surface area contributed by atoms with Crippen molar-refractivity contribution in [1.29, 1.82) is 0 Å². The number of aliphatic hydroxyl groups excluding tert-OH is 1. The molecule has 5 heteroatoms. The molecule has 80 valence electrons. The van der Waals surface area contributed by atoms with Crippen LogP contribution in [0, 0.1) is 6.92 Å². The summed E-state index contributed by atoms with van der Waals surface area (Å²) >= 11 is 6.57. The highest BCUT2D eigenvalue weighted by Crippen LogP contribution is 2.27. The molecule has 0 aliphatic carbocycles. The Balaban J connectivity index is 2.06. The van der Waals surface area contributed by atoms with E-state index in [1.165, 1.54) is 0 Å². The highest BCUT2D eigenvalue weighted by atomic mass is 79.9. The van der Waals surface area contributed by atoms with Gasteiger partial charge in [-0.3, -0.25) is 0 Å². The molecule has 1 unspecified atom stereocenters. The van der Waals surface area contributed by atoms with Crippen LogP contribution in [0.3, 0.4) is 0 Å². The summed E-state index contributed by atoms with van der Waals surface area (Å²) in [7, 11) is 0. The number of aromatic nitrogens is 1. The average molecular weight is 304 g/mol. The van der Waals surface area contributed by atoms with E-state index in [4.69, 9.17) is 0 Å². The summed E-state index contributed by atoms with van der Waals surface area (Å²) in [6.07, 6.45) is 0.153. The molecule has 2 aromatic rings. The van der Waals surface area contributed by atoms with Crippen LogP contribution >= 0.6 is 38.6 Å². The Labute approximate surface area is 105 Å². The molecule has 0 bridgehead atoms. The highest BCUT2D eigenvalue weighted by Gasteiger charge is 2.12. The van der Waals surface area contributed by atoms with E-state index in [0.29, 0.717) is 6.42 Å². The Morgan fingerprint density at radius 1 is 1.47 bits per heavy atom. The summed E-state index contributed by atoms with van der Waals surface area (Å²) in [4.78, 5) is 4.33. The summed E-state index contributed by atoms with van der Waals surface area (Å²) in [6.45, 7) is 1.97. The third-order valence-electron chi connectivity index (χ3n) is 2.01. The van der Waals surface area contributed by atoms with Gasteiger partial charge >= 0.3 is 0 Å². The lowest BCUT2D eigenvalue weighted by Crippen LogP contribution is -1.99. The summed E-state index contributed by atoms with van der Waals surface area (Å²) in [5, 5.41) is 14.9. The van der Waals surface area contributed by atoms with Crippen LogP contribution in [-0.2, 0) is 6.42 Å². The van der Waals surface area contributed by atoms with Gasteiger partial charge in [0.1, 0.15) is 0 Å². The van der Waals surface area contributed by atoms with Gasteiger partial charge in [-0.15, -0.1) is 22.7 Å². The second-order valence-electron chi connectivity index (χ2n) is 3.29. The third kappa shape index (κ3) is 2.87. The number of aryl methyl sites for hydroxylation is 1. The van der Waals surface area contributed by atoms with Crippen molar-refractivity contribution >= 4 is 38.6 Å². The molecule has 0 aliphatic heterocycles. The van der Waals surface area contributed by atoms with Gasteiger partial charge in [-0.25, -0.2) is 4.98 Å². The fraction of sp³-hybridized carbons (Fsp3) is 0.300.